The first-order chi connectivity index (χ1) is 8.90. The number of nitro benzene ring substituents is 1. The molecular weight excluding hydrogens is 244 g/mol. The van der Waals surface area contributed by atoms with E-state index in [0.29, 0.717) is 11.6 Å². The van der Waals surface area contributed by atoms with Gasteiger partial charge in [0.25, 0.3) is 5.69 Å². The van der Waals surface area contributed by atoms with E-state index in [2.05, 4.69) is 19.2 Å². The molecule has 2 atom stereocenters. The van der Waals surface area contributed by atoms with Crippen LogP contribution in [0.3, 0.4) is 0 Å². The Bertz CT molecular complexity index is 525. The standard InChI is InChI=1S/C14H18N2O3/c1-8(2)6-9(3)13-11-7-10(16(18)19)4-5-12(11)15-14(13)17/h4-5,7-9,13H,6H2,1-3H3,(H,15,17). The van der Waals surface area contributed by atoms with Crippen LogP contribution in [0.4, 0.5) is 11.4 Å². The van der Waals surface area contributed by atoms with Crippen LogP contribution in [0, 0.1) is 22.0 Å². The molecule has 0 radical (unpaired) electrons. The SMILES string of the molecule is CC(C)CC(C)C1C(=O)Nc2ccc([N+](=O)[O-])cc21. The number of hydrogen-bond acceptors (Lipinski definition) is 3. The van der Waals surface area contributed by atoms with E-state index in [4.69, 9.17) is 0 Å². The van der Waals surface area contributed by atoms with E-state index in [1.165, 1.54) is 12.1 Å². The number of nitro groups is 1. The van der Waals surface area contributed by atoms with Gasteiger partial charge in [0.05, 0.1) is 10.8 Å². The molecule has 0 saturated carbocycles. The van der Waals surface area contributed by atoms with Gasteiger partial charge < -0.3 is 5.32 Å². The van der Waals surface area contributed by atoms with Gasteiger partial charge in [0.2, 0.25) is 5.91 Å². The molecule has 102 valence electrons. The van der Waals surface area contributed by atoms with Crippen molar-refractivity contribution < 1.29 is 9.72 Å². The van der Waals surface area contributed by atoms with Gasteiger partial charge in [0.15, 0.2) is 0 Å². The Labute approximate surface area is 112 Å². The Hall–Kier alpha value is -1.91. The maximum Gasteiger partial charge on any atom is 0.269 e. The second kappa shape index (κ2) is 4.99. The molecule has 0 fully saturated rings. The third-order valence-corrected chi connectivity index (χ3v) is 3.53. The summed E-state index contributed by atoms with van der Waals surface area (Å²) in [6, 6.07) is 4.57. The Morgan fingerprint density at radius 1 is 1.37 bits per heavy atom. The van der Waals surface area contributed by atoms with Crippen LogP contribution >= 0.6 is 0 Å². The van der Waals surface area contributed by atoms with Gasteiger partial charge in [-0.05, 0) is 29.9 Å². The van der Waals surface area contributed by atoms with Gasteiger partial charge in [0, 0.05) is 17.8 Å². The summed E-state index contributed by atoms with van der Waals surface area (Å²) < 4.78 is 0. The number of non-ortho nitro benzene ring substituents is 1. The maximum atomic E-state index is 12.1. The van der Waals surface area contributed by atoms with E-state index in [-0.39, 0.29) is 23.4 Å². The molecule has 0 spiro atoms. The molecule has 1 aromatic carbocycles. The first-order valence-electron chi connectivity index (χ1n) is 6.49. The summed E-state index contributed by atoms with van der Waals surface area (Å²) in [7, 11) is 0. The molecule has 2 rings (SSSR count). The number of nitrogens with one attached hydrogen (secondary N) is 1. The molecule has 5 heteroatoms. The van der Waals surface area contributed by atoms with Gasteiger partial charge in [-0.3, -0.25) is 14.9 Å². The lowest BCUT2D eigenvalue weighted by Crippen LogP contribution is -2.20. The Balaban J connectivity index is 2.36. The van der Waals surface area contributed by atoms with Crippen molar-refractivity contribution in [1.29, 1.82) is 0 Å². The van der Waals surface area contributed by atoms with Crippen LogP contribution in [0.1, 0.15) is 38.7 Å². The molecule has 1 aromatic rings. The van der Waals surface area contributed by atoms with Crippen LogP contribution in [-0.4, -0.2) is 10.8 Å². The molecule has 1 aliphatic rings. The number of hydrogen-bond donors (Lipinski definition) is 1. The predicted molar refractivity (Wildman–Crippen MR) is 73.1 cm³/mol. The minimum absolute atomic E-state index is 0.0389. The highest BCUT2D eigenvalue weighted by atomic mass is 16.6. The van der Waals surface area contributed by atoms with Crippen molar-refractivity contribution in [1.82, 2.24) is 0 Å². The van der Waals surface area contributed by atoms with Gasteiger partial charge in [-0.15, -0.1) is 0 Å². The van der Waals surface area contributed by atoms with Crippen molar-refractivity contribution in [2.45, 2.75) is 33.1 Å². The van der Waals surface area contributed by atoms with E-state index in [9.17, 15) is 14.9 Å². The lowest BCUT2D eigenvalue weighted by atomic mass is 9.83. The number of rotatable bonds is 4. The molecule has 2 unspecified atom stereocenters. The largest absolute Gasteiger partial charge is 0.325 e. The zero-order chi connectivity index (χ0) is 14.2. The van der Waals surface area contributed by atoms with Crippen molar-refractivity contribution in [3.63, 3.8) is 0 Å². The Kier molecular flexibility index (Phi) is 3.55. The number of anilines is 1. The zero-order valence-corrected chi connectivity index (χ0v) is 11.3. The molecule has 1 aliphatic heterocycles. The molecule has 1 amide bonds. The molecule has 1 heterocycles. The smallest absolute Gasteiger partial charge is 0.269 e. The van der Waals surface area contributed by atoms with E-state index in [1.54, 1.807) is 6.07 Å². The average molecular weight is 262 g/mol. The number of benzene rings is 1. The van der Waals surface area contributed by atoms with Crippen LogP contribution in [0.25, 0.3) is 0 Å². The van der Waals surface area contributed by atoms with E-state index in [0.717, 1.165) is 12.0 Å². The number of nitrogens with zero attached hydrogens (tertiary/aromatic N) is 1. The van der Waals surface area contributed by atoms with Crippen molar-refractivity contribution in [3.8, 4) is 0 Å². The first-order valence-corrected chi connectivity index (χ1v) is 6.49. The molecule has 5 nitrogen and oxygen atoms in total. The molecule has 0 aromatic heterocycles. The minimum Gasteiger partial charge on any atom is -0.325 e. The number of amides is 1. The average Bonchev–Trinajstić information content (AvgIpc) is 2.62. The molecule has 0 saturated heterocycles. The molecule has 0 bridgehead atoms. The summed E-state index contributed by atoms with van der Waals surface area (Å²) in [4.78, 5) is 22.5. The zero-order valence-electron chi connectivity index (χ0n) is 11.3. The highest BCUT2D eigenvalue weighted by Crippen LogP contribution is 2.41. The van der Waals surface area contributed by atoms with E-state index >= 15 is 0 Å². The Morgan fingerprint density at radius 2 is 2.05 bits per heavy atom. The molecule has 19 heavy (non-hydrogen) atoms. The summed E-state index contributed by atoms with van der Waals surface area (Å²) in [5.74, 6) is 0.328. The lowest BCUT2D eigenvalue weighted by Gasteiger charge is -2.19. The summed E-state index contributed by atoms with van der Waals surface area (Å²) in [6.07, 6.45) is 0.917. The fraction of sp³-hybridized carbons (Fsp3) is 0.500. The van der Waals surface area contributed by atoms with Gasteiger partial charge in [-0.25, -0.2) is 0 Å². The van der Waals surface area contributed by atoms with Gasteiger partial charge >= 0.3 is 0 Å². The van der Waals surface area contributed by atoms with Crippen molar-refractivity contribution in [2.75, 3.05) is 5.32 Å². The summed E-state index contributed by atoms with van der Waals surface area (Å²) in [6.45, 7) is 6.24. The third kappa shape index (κ3) is 2.59. The number of fused-ring (bicyclic) bond motifs is 1. The summed E-state index contributed by atoms with van der Waals surface area (Å²) in [5.41, 5.74) is 1.50. The maximum absolute atomic E-state index is 12.1. The van der Waals surface area contributed by atoms with Crippen LogP contribution < -0.4 is 5.32 Å². The Morgan fingerprint density at radius 3 is 2.63 bits per heavy atom. The fourth-order valence-corrected chi connectivity index (χ4v) is 2.83. The second-order valence-electron chi connectivity index (χ2n) is 5.60. The van der Waals surface area contributed by atoms with Crippen molar-refractivity contribution in [3.05, 3.63) is 33.9 Å². The molecule has 1 N–H and O–H groups in total. The van der Waals surface area contributed by atoms with Crippen LogP contribution in [-0.2, 0) is 4.79 Å². The first kappa shape index (κ1) is 13.5. The second-order valence-corrected chi connectivity index (χ2v) is 5.60. The quantitative estimate of drug-likeness (QED) is 0.668. The van der Waals surface area contributed by atoms with Gasteiger partial charge in [0.1, 0.15) is 0 Å². The fourth-order valence-electron chi connectivity index (χ4n) is 2.83. The third-order valence-electron chi connectivity index (χ3n) is 3.53. The van der Waals surface area contributed by atoms with Crippen LogP contribution in [0.15, 0.2) is 18.2 Å². The molecule has 0 aliphatic carbocycles. The summed E-state index contributed by atoms with van der Waals surface area (Å²) >= 11 is 0. The van der Waals surface area contributed by atoms with Crippen LogP contribution in [0.5, 0.6) is 0 Å². The predicted octanol–water partition coefficient (Wildman–Crippen LogP) is 3.31. The normalized spacial score (nSPS) is 19.2. The lowest BCUT2D eigenvalue weighted by molar-refractivity contribution is -0.384. The van der Waals surface area contributed by atoms with Crippen LogP contribution in [0.2, 0.25) is 0 Å². The minimum atomic E-state index is -0.423. The monoisotopic (exact) mass is 262 g/mol. The summed E-state index contributed by atoms with van der Waals surface area (Å²) in [5, 5.41) is 13.6. The van der Waals surface area contributed by atoms with Crippen molar-refractivity contribution in [2.24, 2.45) is 11.8 Å². The van der Waals surface area contributed by atoms with E-state index in [1.807, 2.05) is 6.92 Å². The highest BCUT2D eigenvalue weighted by Gasteiger charge is 2.35. The highest BCUT2D eigenvalue weighted by molar-refractivity contribution is 6.03. The number of carbonyl (C=O) groups is 1. The van der Waals surface area contributed by atoms with Gasteiger partial charge in [-0.1, -0.05) is 20.8 Å². The topological polar surface area (TPSA) is 72.2 Å². The number of carbonyl (C=O) groups excluding carboxylic acids is 1. The molecular formula is C14H18N2O3. The van der Waals surface area contributed by atoms with Crippen molar-refractivity contribution >= 4 is 17.3 Å². The van der Waals surface area contributed by atoms with Gasteiger partial charge in [-0.2, -0.15) is 0 Å². The van der Waals surface area contributed by atoms with E-state index < -0.39 is 4.92 Å².